The molecule has 2 heterocycles. The standard InChI is InChI=1S/C8H11NO3S.C7H9NO/c1-7(12-13(2,10)11)8-5-3-4-6-9-8;1-6(9)7-4-2-3-5-8-7/h3-7H,1-2H3;2-6,9H,1H3. The van der Waals surface area contributed by atoms with Gasteiger partial charge in [-0.2, -0.15) is 8.42 Å². The van der Waals surface area contributed by atoms with Gasteiger partial charge in [0.25, 0.3) is 10.1 Å². The van der Waals surface area contributed by atoms with Crippen molar-refractivity contribution in [3.8, 4) is 0 Å². The molecular weight excluding hydrogens is 304 g/mol. The third kappa shape index (κ3) is 7.26. The largest absolute Gasteiger partial charge is 0.387 e. The molecule has 2 rings (SSSR count). The first kappa shape index (κ1) is 18.2. The summed E-state index contributed by atoms with van der Waals surface area (Å²) >= 11 is 0. The first-order valence-electron chi connectivity index (χ1n) is 6.68. The Morgan fingerprint density at radius 3 is 1.82 bits per heavy atom. The Labute approximate surface area is 131 Å². The monoisotopic (exact) mass is 324 g/mol. The number of aliphatic hydroxyl groups is 1. The van der Waals surface area contributed by atoms with Crippen LogP contribution in [0.25, 0.3) is 0 Å². The highest BCUT2D eigenvalue weighted by molar-refractivity contribution is 7.86. The molecule has 1 N–H and O–H groups in total. The summed E-state index contributed by atoms with van der Waals surface area (Å²) in [5.74, 6) is 0. The molecule has 0 aliphatic carbocycles. The lowest BCUT2D eigenvalue weighted by molar-refractivity contribution is 0.194. The van der Waals surface area contributed by atoms with E-state index in [1.165, 1.54) is 0 Å². The van der Waals surface area contributed by atoms with E-state index in [-0.39, 0.29) is 0 Å². The second-order valence-corrected chi connectivity index (χ2v) is 6.23. The zero-order valence-electron chi connectivity index (χ0n) is 12.7. The molecule has 0 amide bonds. The molecule has 0 aliphatic rings. The zero-order valence-corrected chi connectivity index (χ0v) is 13.6. The van der Waals surface area contributed by atoms with Crippen LogP contribution in [0, 0.1) is 0 Å². The van der Waals surface area contributed by atoms with E-state index >= 15 is 0 Å². The molecule has 0 radical (unpaired) electrons. The summed E-state index contributed by atoms with van der Waals surface area (Å²) in [7, 11) is -3.41. The highest BCUT2D eigenvalue weighted by atomic mass is 32.2. The van der Waals surface area contributed by atoms with Crippen molar-refractivity contribution in [2.45, 2.75) is 26.1 Å². The minimum Gasteiger partial charge on any atom is -0.387 e. The molecule has 0 aromatic carbocycles. The van der Waals surface area contributed by atoms with Crippen molar-refractivity contribution < 1.29 is 17.7 Å². The maximum absolute atomic E-state index is 10.8. The number of aromatic nitrogens is 2. The number of nitrogens with zero attached hydrogens (tertiary/aromatic N) is 2. The third-order valence-corrected chi connectivity index (χ3v) is 3.18. The van der Waals surface area contributed by atoms with Gasteiger partial charge in [-0.15, -0.1) is 0 Å². The van der Waals surface area contributed by atoms with Crippen LogP contribution < -0.4 is 0 Å². The number of pyridine rings is 2. The fourth-order valence-corrected chi connectivity index (χ4v) is 2.17. The normalized spacial score (nSPS) is 13.6. The molecule has 2 unspecified atom stereocenters. The topological polar surface area (TPSA) is 89.4 Å². The van der Waals surface area contributed by atoms with Crippen LogP contribution in [0.3, 0.4) is 0 Å². The molecule has 22 heavy (non-hydrogen) atoms. The highest BCUT2D eigenvalue weighted by Gasteiger charge is 2.12. The van der Waals surface area contributed by atoms with Gasteiger partial charge in [-0.3, -0.25) is 14.2 Å². The summed E-state index contributed by atoms with van der Waals surface area (Å²) in [5, 5.41) is 8.96. The smallest absolute Gasteiger partial charge is 0.265 e. The highest BCUT2D eigenvalue weighted by Crippen LogP contribution is 2.15. The van der Waals surface area contributed by atoms with Gasteiger partial charge < -0.3 is 5.11 Å². The number of hydrogen-bond donors (Lipinski definition) is 1. The van der Waals surface area contributed by atoms with Gasteiger partial charge >= 0.3 is 0 Å². The molecule has 2 aromatic heterocycles. The van der Waals surface area contributed by atoms with Crippen LogP contribution in [-0.4, -0.2) is 29.7 Å². The van der Waals surface area contributed by atoms with Gasteiger partial charge in [-0.25, -0.2) is 0 Å². The summed E-state index contributed by atoms with van der Waals surface area (Å²) < 4.78 is 26.3. The molecule has 7 heteroatoms. The van der Waals surface area contributed by atoms with Gasteiger partial charge in [-0.05, 0) is 38.1 Å². The summed E-state index contributed by atoms with van der Waals surface area (Å²) in [6.07, 6.45) is 3.30. The Morgan fingerprint density at radius 1 is 1.00 bits per heavy atom. The van der Waals surface area contributed by atoms with Crippen molar-refractivity contribution in [1.29, 1.82) is 0 Å². The summed E-state index contributed by atoms with van der Waals surface area (Å²) in [6, 6.07) is 10.7. The molecule has 0 fully saturated rings. The summed E-state index contributed by atoms with van der Waals surface area (Å²) in [6.45, 7) is 3.34. The van der Waals surface area contributed by atoms with E-state index < -0.39 is 22.3 Å². The molecule has 0 saturated heterocycles. The molecule has 2 aromatic rings. The lowest BCUT2D eigenvalue weighted by atomic mass is 10.2. The Balaban J connectivity index is 0.000000235. The zero-order chi connectivity index (χ0) is 16.6. The molecule has 0 spiro atoms. The van der Waals surface area contributed by atoms with E-state index in [0.29, 0.717) is 5.69 Å². The van der Waals surface area contributed by atoms with Crippen molar-refractivity contribution in [2.75, 3.05) is 6.26 Å². The van der Waals surface area contributed by atoms with E-state index in [0.717, 1.165) is 11.9 Å². The second-order valence-electron chi connectivity index (χ2n) is 4.63. The summed E-state index contributed by atoms with van der Waals surface area (Å²) in [5.41, 5.74) is 1.32. The van der Waals surface area contributed by atoms with Crippen LogP contribution >= 0.6 is 0 Å². The first-order chi connectivity index (χ1) is 10.3. The van der Waals surface area contributed by atoms with Gasteiger partial charge in [0, 0.05) is 12.4 Å². The fourth-order valence-electron chi connectivity index (χ4n) is 1.55. The predicted octanol–water partition coefficient (Wildman–Crippen LogP) is 2.25. The predicted molar refractivity (Wildman–Crippen MR) is 83.5 cm³/mol. The van der Waals surface area contributed by atoms with Crippen molar-refractivity contribution >= 4 is 10.1 Å². The van der Waals surface area contributed by atoms with E-state index in [9.17, 15) is 8.42 Å². The molecular formula is C15H20N2O4S. The Kier molecular flexibility index (Phi) is 7.10. The molecule has 6 nitrogen and oxygen atoms in total. The Morgan fingerprint density at radius 2 is 1.50 bits per heavy atom. The van der Waals surface area contributed by atoms with Gasteiger partial charge in [0.05, 0.1) is 23.7 Å². The first-order valence-corrected chi connectivity index (χ1v) is 8.49. The SMILES string of the molecule is CC(O)c1ccccn1.CC(OS(C)(=O)=O)c1ccccn1. The average molecular weight is 324 g/mol. The Bertz CT molecular complexity index is 646. The quantitative estimate of drug-likeness (QED) is 0.868. The van der Waals surface area contributed by atoms with Crippen LogP contribution in [0.5, 0.6) is 0 Å². The maximum atomic E-state index is 10.8. The number of aliphatic hydroxyl groups excluding tert-OH is 1. The summed E-state index contributed by atoms with van der Waals surface area (Å²) in [4.78, 5) is 7.90. The number of rotatable bonds is 4. The van der Waals surface area contributed by atoms with E-state index in [4.69, 9.17) is 9.29 Å². The van der Waals surface area contributed by atoms with Crippen LogP contribution in [0.1, 0.15) is 37.4 Å². The average Bonchev–Trinajstić information content (AvgIpc) is 2.48. The van der Waals surface area contributed by atoms with E-state index in [1.807, 2.05) is 12.1 Å². The third-order valence-electron chi connectivity index (χ3n) is 2.54. The minimum atomic E-state index is -3.41. The number of hydrogen-bond acceptors (Lipinski definition) is 6. The molecule has 0 aliphatic heterocycles. The van der Waals surface area contributed by atoms with Crippen molar-refractivity contribution in [3.63, 3.8) is 0 Å². The lowest BCUT2D eigenvalue weighted by Gasteiger charge is -2.09. The van der Waals surface area contributed by atoms with Crippen LogP contribution in [-0.2, 0) is 14.3 Å². The Hall–Kier alpha value is -1.83. The molecule has 0 saturated carbocycles. The molecule has 0 bridgehead atoms. The van der Waals surface area contributed by atoms with E-state index in [1.54, 1.807) is 50.5 Å². The lowest BCUT2D eigenvalue weighted by Crippen LogP contribution is -2.08. The van der Waals surface area contributed by atoms with Crippen molar-refractivity contribution in [2.24, 2.45) is 0 Å². The van der Waals surface area contributed by atoms with Crippen LogP contribution in [0.4, 0.5) is 0 Å². The maximum Gasteiger partial charge on any atom is 0.265 e. The van der Waals surface area contributed by atoms with Crippen LogP contribution in [0.2, 0.25) is 0 Å². The van der Waals surface area contributed by atoms with Gasteiger partial charge in [0.15, 0.2) is 0 Å². The fraction of sp³-hybridized carbons (Fsp3) is 0.333. The molecule has 120 valence electrons. The second kappa shape index (κ2) is 8.57. The van der Waals surface area contributed by atoms with Crippen molar-refractivity contribution in [3.05, 3.63) is 60.2 Å². The van der Waals surface area contributed by atoms with Crippen LogP contribution in [0.15, 0.2) is 48.8 Å². The minimum absolute atomic E-state index is 0.453. The molecule has 2 atom stereocenters. The van der Waals surface area contributed by atoms with Gasteiger partial charge in [0.2, 0.25) is 0 Å². The van der Waals surface area contributed by atoms with E-state index in [2.05, 4.69) is 9.97 Å². The van der Waals surface area contributed by atoms with Crippen molar-refractivity contribution in [1.82, 2.24) is 9.97 Å². The van der Waals surface area contributed by atoms with Gasteiger partial charge in [-0.1, -0.05) is 12.1 Å². The van der Waals surface area contributed by atoms with Gasteiger partial charge in [0.1, 0.15) is 6.10 Å².